The fraction of sp³-hybridized carbons (Fsp3) is 0.667. The third-order valence-corrected chi connectivity index (χ3v) is 4.96. The van der Waals surface area contributed by atoms with Crippen LogP contribution in [0, 0.1) is 0 Å². The van der Waals surface area contributed by atoms with Gasteiger partial charge in [0.2, 0.25) is 10.0 Å². The van der Waals surface area contributed by atoms with Gasteiger partial charge in [0.1, 0.15) is 5.01 Å². The summed E-state index contributed by atoms with van der Waals surface area (Å²) in [5, 5.41) is 10.6. The van der Waals surface area contributed by atoms with Crippen molar-refractivity contribution in [1.82, 2.24) is 9.71 Å². The highest BCUT2D eigenvalue weighted by molar-refractivity contribution is 7.90. The number of aliphatic hydroxyl groups excluding tert-OH is 1. The van der Waals surface area contributed by atoms with E-state index in [1.54, 1.807) is 6.20 Å². The predicted molar refractivity (Wildman–Crippen MR) is 63.7 cm³/mol. The van der Waals surface area contributed by atoms with Gasteiger partial charge in [-0.05, 0) is 13.3 Å². The quantitative estimate of drug-likeness (QED) is 0.800. The van der Waals surface area contributed by atoms with E-state index in [1.165, 1.54) is 18.3 Å². The van der Waals surface area contributed by atoms with E-state index >= 15 is 0 Å². The number of thiazole rings is 1. The molecule has 2 unspecified atom stereocenters. The van der Waals surface area contributed by atoms with Gasteiger partial charge >= 0.3 is 0 Å². The minimum atomic E-state index is -3.48. The summed E-state index contributed by atoms with van der Waals surface area (Å²) in [7, 11) is -3.48. The molecule has 1 heterocycles. The molecule has 5 nitrogen and oxygen atoms in total. The maximum absolute atomic E-state index is 11.7. The summed E-state index contributed by atoms with van der Waals surface area (Å²) in [4.78, 5) is 4.09. The van der Waals surface area contributed by atoms with Crippen molar-refractivity contribution in [3.8, 4) is 0 Å². The van der Waals surface area contributed by atoms with Gasteiger partial charge in [-0.15, -0.1) is 11.3 Å². The Bertz CT molecular complexity index is 402. The zero-order valence-electron chi connectivity index (χ0n) is 9.25. The Morgan fingerprint density at radius 3 is 2.75 bits per heavy atom. The van der Waals surface area contributed by atoms with Crippen molar-refractivity contribution in [2.24, 2.45) is 0 Å². The summed E-state index contributed by atoms with van der Waals surface area (Å²) in [6.07, 6.45) is 2.28. The molecule has 0 spiro atoms. The Hall–Kier alpha value is -0.500. The molecule has 0 saturated carbocycles. The summed E-state index contributed by atoms with van der Waals surface area (Å²) in [5.41, 5.74) is 0. The highest BCUT2D eigenvalue weighted by atomic mass is 32.2. The van der Waals surface area contributed by atoms with Crippen LogP contribution in [0.3, 0.4) is 0 Å². The van der Waals surface area contributed by atoms with E-state index in [2.05, 4.69) is 9.71 Å². The average molecular weight is 264 g/mol. The van der Waals surface area contributed by atoms with Crippen molar-refractivity contribution in [2.45, 2.75) is 31.6 Å². The van der Waals surface area contributed by atoms with Gasteiger partial charge in [0.25, 0.3) is 0 Å². The number of aromatic nitrogens is 1. The normalized spacial score (nSPS) is 15.9. The van der Waals surface area contributed by atoms with Crippen LogP contribution in [-0.2, 0) is 10.0 Å². The standard InChI is InChI=1S/C9H16N2O3S2/c1-3-8(9-10-4-5-15-9)11-16(13,14)7(2)6-12/h4-5,7-8,11-12H,3,6H2,1-2H3. The molecule has 0 fully saturated rings. The number of hydrogen-bond acceptors (Lipinski definition) is 5. The first-order valence-corrected chi connectivity index (χ1v) is 7.45. The van der Waals surface area contributed by atoms with Crippen LogP contribution in [0.2, 0.25) is 0 Å². The molecule has 1 rings (SSSR count). The van der Waals surface area contributed by atoms with E-state index in [0.717, 1.165) is 5.01 Å². The maximum atomic E-state index is 11.7. The third-order valence-electron chi connectivity index (χ3n) is 2.25. The van der Waals surface area contributed by atoms with Crippen molar-refractivity contribution < 1.29 is 13.5 Å². The van der Waals surface area contributed by atoms with Crippen LogP contribution in [0.4, 0.5) is 0 Å². The number of aliphatic hydroxyl groups is 1. The van der Waals surface area contributed by atoms with E-state index < -0.39 is 15.3 Å². The maximum Gasteiger partial charge on any atom is 0.217 e. The molecule has 2 N–H and O–H groups in total. The van der Waals surface area contributed by atoms with E-state index in [0.29, 0.717) is 6.42 Å². The Kier molecular flexibility index (Phi) is 4.85. The van der Waals surface area contributed by atoms with Crippen molar-refractivity contribution in [1.29, 1.82) is 0 Å². The zero-order valence-corrected chi connectivity index (χ0v) is 10.9. The van der Waals surface area contributed by atoms with Gasteiger partial charge in [0.05, 0.1) is 17.9 Å². The smallest absolute Gasteiger partial charge is 0.217 e. The number of nitrogens with one attached hydrogen (secondary N) is 1. The molecule has 0 saturated heterocycles. The van der Waals surface area contributed by atoms with Crippen molar-refractivity contribution >= 4 is 21.4 Å². The van der Waals surface area contributed by atoms with Gasteiger partial charge in [0.15, 0.2) is 0 Å². The Morgan fingerprint density at radius 1 is 1.62 bits per heavy atom. The van der Waals surface area contributed by atoms with Crippen molar-refractivity contribution in [3.05, 3.63) is 16.6 Å². The first-order valence-electron chi connectivity index (χ1n) is 5.02. The van der Waals surface area contributed by atoms with Crippen LogP contribution in [0.1, 0.15) is 31.3 Å². The molecule has 0 aliphatic carbocycles. The number of sulfonamides is 1. The monoisotopic (exact) mass is 264 g/mol. The lowest BCUT2D eigenvalue weighted by atomic mass is 10.3. The van der Waals surface area contributed by atoms with Gasteiger partial charge in [-0.3, -0.25) is 0 Å². The van der Waals surface area contributed by atoms with Crippen LogP contribution >= 0.6 is 11.3 Å². The molecule has 0 amide bonds. The molecule has 7 heteroatoms. The number of nitrogens with zero attached hydrogens (tertiary/aromatic N) is 1. The lowest BCUT2D eigenvalue weighted by molar-refractivity contribution is 0.294. The SMILES string of the molecule is CCC(NS(=O)(=O)C(C)CO)c1nccs1. The van der Waals surface area contributed by atoms with Gasteiger partial charge in [-0.25, -0.2) is 18.1 Å². The van der Waals surface area contributed by atoms with Crippen LogP contribution in [0.25, 0.3) is 0 Å². The Balaban J connectivity index is 2.79. The minimum absolute atomic E-state index is 0.306. The zero-order chi connectivity index (χ0) is 12.2. The summed E-state index contributed by atoms with van der Waals surface area (Å²) < 4.78 is 26.0. The molecule has 16 heavy (non-hydrogen) atoms. The van der Waals surface area contributed by atoms with Crippen LogP contribution in [0.15, 0.2) is 11.6 Å². The third kappa shape index (κ3) is 3.24. The minimum Gasteiger partial charge on any atom is -0.395 e. The first kappa shape index (κ1) is 13.6. The average Bonchev–Trinajstić information content (AvgIpc) is 2.78. The molecule has 0 aliphatic heterocycles. The van der Waals surface area contributed by atoms with Crippen molar-refractivity contribution in [2.75, 3.05) is 6.61 Å². The first-order chi connectivity index (χ1) is 7.51. The highest BCUT2D eigenvalue weighted by Crippen LogP contribution is 2.20. The molecular weight excluding hydrogens is 248 g/mol. The summed E-state index contributed by atoms with van der Waals surface area (Å²) >= 11 is 1.42. The molecule has 0 aliphatic rings. The summed E-state index contributed by atoms with van der Waals surface area (Å²) in [5.74, 6) is 0. The van der Waals surface area contributed by atoms with Crippen molar-refractivity contribution in [3.63, 3.8) is 0 Å². The lowest BCUT2D eigenvalue weighted by Gasteiger charge is -2.17. The Labute approximate surface area is 99.6 Å². The van der Waals surface area contributed by atoms with Crippen LogP contribution in [0.5, 0.6) is 0 Å². The van der Waals surface area contributed by atoms with E-state index in [4.69, 9.17) is 5.11 Å². The largest absolute Gasteiger partial charge is 0.395 e. The Morgan fingerprint density at radius 2 is 2.31 bits per heavy atom. The topological polar surface area (TPSA) is 79.3 Å². The predicted octanol–water partition coefficient (Wildman–Crippen LogP) is 0.894. The highest BCUT2D eigenvalue weighted by Gasteiger charge is 2.24. The second-order valence-corrected chi connectivity index (χ2v) is 6.54. The second kappa shape index (κ2) is 5.72. The number of rotatable bonds is 6. The fourth-order valence-corrected chi connectivity index (χ4v) is 3.08. The van der Waals surface area contributed by atoms with Gasteiger partial charge in [-0.2, -0.15) is 0 Å². The molecule has 1 aromatic rings. The van der Waals surface area contributed by atoms with Gasteiger partial charge in [-0.1, -0.05) is 6.92 Å². The van der Waals surface area contributed by atoms with Crippen LogP contribution in [-0.4, -0.2) is 30.4 Å². The molecule has 2 atom stereocenters. The molecule has 0 bridgehead atoms. The van der Waals surface area contributed by atoms with Gasteiger partial charge in [0, 0.05) is 11.6 Å². The lowest BCUT2D eigenvalue weighted by Crippen LogP contribution is -2.37. The second-order valence-electron chi connectivity index (χ2n) is 3.49. The van der Waals surface area contributed by atoms with Gasteiger partial charge < -0.3 is 5.11 Å². The molecule has 0 aromatic carbocycles. The van der Waals surface area contributed by atoms with E-state index in [9.17, 15) is 8.42 Å². The molecule has 92 valence electrons. The molecule has 0 radical (unpaired) electrons. The van der Waals surface area contributed by atoms with E-state index in [1.807, 2.05) is 12.3 Å². The number of hydrogen-bond donors (Lipinski definition) is 2. The molecular formula is C9H16N2O3S2. The summed E-state index contributed by atoms with van der Waals surface area (Å²) in [6, 6.07) is -0.306. The summed E-state index contributed by atoms with van der Waals surface area (Å²) in [6.45, 7) is 2.97. The van der Waals surface area contributed by atoms with Crippen LogP contribution < -0.4 is 4.72 Å². The fourth-order valence-electron chi connectivity index (χ4n) is 1.13. The van der Waals surface area contributed by atoms with E-state index in [-0.39, 0.29) is 12.6 Å². The molecule has 1 aromatic heterocycles.